The molecule has 1 N–H and O–H groups in total. The van der Waals surface area contributed by atoms with E-state index >= 15 is 0 Å². The first kappa shape index (κ1) is 20.4. The Morgan fingerprint density at radius 1 is 1.43 bits per heavy atom. The molecule has 0 fully saturated rings. The normalized spacial score (nSPS) is 24.6. The van der Waals surface area contributed by atoms with Gasteiger partial charge in [0.2, 0.25) is 0 Å². The van der Waals surface area contributed by atoms with E-state index in [0.29, 0.717) is 5.76 Å². The van der Waals surface area contributed by atoms with Crippen molar-refractivity contribution in [2.75, 3.05) is 0 Å². The summed E-state index contributed by atoms with van der Waals surface area (Å²) < 4.78 is 0. The third kappa shape index (κ3) is 3.52. The van der Waals surface area contributed by atoms with E-state index in [4.69, 9.17) is 0 Å². The van der Waals surface area contributed by atoms with Crippen molar-refractivity contribution in [1.29, 1.82) is 0 Å². The third-order valence-electron chi connectivity index (χ3n) is 2.85. The molecule has 0 saturated heterocycles. The predicted molar refractivity (Wildman–Crippen MR) is 64.9 cm³/mol. The van der Waals surface area contributed by atoms with E-state index < -0.39 is 0 Å². The van der Waals surface area contributed by atoms with Crippen LogP contribution in [0.3, 0.4) is 0 Å². The number of aliphatic hydroxyl groups is 1. The van der Waals surface area contributed by atoms with Gasteiger partial charge in [-0.05, 0) is 10.2 Å². The van der Waals surface area contributed by atoms with Crippen molar-refractivity contribution < 1.29 is 31.3 Å². The first-order chi connectivity index (χ1) is 5.01. The van der Waals surface area contributed by atoms with Gasteiger partial charge in [-0.3, -0.25) is 0 Å². The zero-order valence-corrected chi connectivity index (χ0v) is 15.1. The number of hydrogen-bond donors (Lipinski definition) is 1. The zero-order valence-electron chi connectivity index (χ0n) is 8.97. The first-order valence-electron chi connectivity index (χ1n) is 4.03. The molecule has 0 aromatic rings. The van der Waals surface area contributed by atoms with Crippen LogP contribution in [0, 0.1) is 11.5 Å². The van der Waals surface area contributed by atoms with E-state index in [1.54, 1.807) is 0 Å². The fourth-order valence-electron chi connectivity index (χ4n) is 1.39. The van der Waals surface area contributed by atoms with Crippen molar-refractivity contribution in [2.45, 2.75) is 27.2 Å². The fraction of sp³-hybridized carbons (Fsp3) is 0.556. The molecule has 0 aliphatic heterocycles. The summed E-state index contributed by atoms with van der Waals surface area (Å²) in [6, 6.07) is 0. The Morgan fingerprint density at radius 2 is 1.86 bits per heavy atom. The molecule has 1 atom stereocenters. The second-order valence-electron chi connectivity index (χ2n) is 3.41. The molecule has 1 aliphatic rings. The van der Waals surface area contributed by atoms with Crippen molar-refractivity contribution in [3.8, 4) is 0 Å². The maximum absolute atomic E-state index is 9.42. The molecule has 0 aromatic carbocycles. The van der Waals surface area contributed by atoms with Gasteiger partial charge in [0.15, 0.2) is 0 Å². The minimum Gasteiger partial charge on any atom is -0.546 e. The van der Waals surface area contributed by atoms with Gasteiger partial charge in [0, 0.05) is 26.2 Å². The van der Waals surface area contributed by atoms with Gasteiger partial charge in [0.25, 0.3) is 0 Å². The minimum absolute atomic E-state index is 0. The van der Waals surface area contributed by atoms with E-state index in [0.717, 1.165) is 21.9 Å². The van der Waals surface area contributed by atoms with E-state index in [2.05, 4.69) is 26.8 Å². The van der Waals surface area contributed by atoms with Crippen LogP contribution in [0.4, 0.5) is 0 Å². The van der Waals surface area contributed by atoms with Gasteiger partial charge < -0.3 is 5.11 Å². The topological polar surface area (TPSA) is 20.2 Å². The number of allylic oxidation sites excluding steroid dienone is 3. The summed E-state index contributed by atoms with van der Waals surface area (Å²) in [5.41, 5.74) is 1.32. The summed E-state index contributed by atoms with van der Waals surface area (Å²) in [5, 5.41) is 10.6. The van der Waals surface area contributed by atoms with Crippen LogP contribution in [0.2, 0.25) is 0 Å². The van der Waals surface area contributed by atoms with Crippen molar-refractivity contribution in [1.82, 2.24) is 0 Å². The summed E-state index contributed by atoms with van der Waals surface area (Å²) >= 11 is 0. The van der Waals surface area contributed by atoms with Gasteiger partial charge in [-0.2, -0.15) is 10.8 Å². The molecule has 82 valence electrons. The second-order valence-corrected chi connectivity index (χ2v) is 4.41. The molecule has 0 spiro atoms. The molecule has 1 rings (SSSR count). The number of aliphatic hydroxyl groups excluding tert-OH is 1. The van der Waals surface area contributed by atoms with Crippen LogP contribution in [0.5, 0.6) is 0 Å². The van der Waals surface area contributed by atoms with Crippen LogP contribution in [0.15, 0.2) is 16.5 Å². The van der Waals surface area contributed by atoms with Gasteiger partial charge in [0.1, 0.15) is 0 Å². The molecular weight excluding hydrogens is 314 g/mol. The molecular formula is C9H17Cl2OSiZr-. The molecule has 0 radical (unpaired) electrons. The molecule has 1 nitrogen and oxygen atoms in total. The summed E-state index contributed by atoms with van der Waals surface area (Å²) in [6.45, 7) is 6.36. The van der Waals surface area contributed by atoms with E-state index in [-0.39, 0.29) is 56.4 Å². The summed E-state index contributed by atoms with van der Waals surface area (Å²) in [4.78, 5) is 0. The molecule has 0 amide bonds. The number of hydrogen-bond acceptors (Lipinski definition) is 1. The molecule has 0 bridgehead atoms. The number of rotatable bonds is 1. The Bertz CT molecular complexity index is 253. The first-order valence-corrected chi connectivity index (χ1v) is 5.03. The van der Waals surface area contributed by atoms with Crippen LogP contribution in [0.1, 0.15) is 27.2 Å². The van der Waals surface area contributed by atoms with Crippen molar-refractivity contribution in [2.24, 2.45) is 5.41 Å². The second kappa shape index (κ2) is 7.27. The van der Waals surface area contributed by atoms with E-state index in [1.807, 2.05) is 0 Å². The molecule has 1 aliphatic carbocycles. The largest absolute Gasteiger partial charge is 0.546 e. The van der Waals surface area contributed by atoms with Gasteiger partial charge in [-0.1, -0.05) is 38.4 Å². The Balaban J connectivity index is -0.000000403. The molecule has 0 aromatic heterocycles. The standard InChI is InChI=1S/C9H15OSi.2ClH.Zr/c1-4-9(3)5-7(10)8(11)6(9)2;;;/h10H,4H2,1-3,11H3;2*1H;/q-1;;;. The third-order valence-corrected chi connectivity index (χ3v) is 4.07. The van der Waals surface area contributed by atoms with Crippen LogP contribution in [-0.2, 0) is 26.2 Å². The van der Waals surface area contributed by atoms with Crippen molar-refractivity contribution in [3.63, 3.8) is 0 Å². The minimum atomic E-state index is 0. The Labute approximate surface area is 121 Å². The van der Waals surface area contributed by atoms with Crippen LogP contribution in [0.25, 0.3) is 0 Å². The SMILES string of the molecule is CCC1(C)[C-]=C(O)C([SiH3])=C1C.Cl.Cl.[Zr]. The van der Waals surface area contributed by atoms with Gasteiger partial charge >= 0.3 is 0 Å². The smallest absolute Gasteiger partial charge is 0 e. The Morgan fingerprint density at radius 3 is 2.00 bits per heavy atom. The van der Waals surface area contributed by atoms with Crippen LogP contribution < -0.4 is 0 Å². The average molecular weight is 331 g/mol. The van der Waals surface area contributed by atoms with Gasteiger partial charge in [-0.15, -0.1) is 24.8 Å². The van der Waals surface area contributed by atoms with E-state index in [1.165, 1.54) is 5.57 Å². The molecule has 0 saturated carbocycles. The van der Waals surface area contributed by atoms with Crippen molar-refractivity contribution in [3.05, 3.63) is 22.6 Å². The number of halogens is 2. The van der Waals surface area contributed by atoms with Gasteiger partial charge in [0.05, 0.1) is 0 Å². The summed E-state index contributed by atoms with van der Waals surface area (Å²) in [7, 11) is 0.926. The van der Waals surface area contributed by atoms with Crippen LogP contribution in [-0.4, -0.2) is 15.3 Å². The monoisotopic (exact) mass is 329 g/mol. The average Bonchev–Trinajstić information content (AvgIpc) is 2.17. The molecule has 14 heavy (non-hydrogen) atoms. The quantitative estimate of drug-likeness (QED) is 0.577. The Kier molecular flexibility index (Phi) is 10.6. The molecule has 5 heteroatoms. The maximum atomic E-state index is 9.42. The molecule has 1 unspecified atom stereocenters. The van der Waals surface area contributed by atoms with Crippen LogP contribution >= 0.6 is 24.8 Å². The summed E-state index contributed by atoms with van der Waals surface area (Å²) in [5.74, 6) is 0.401. The fourth-order valence-corrected chi connectivity index (χ4v) is 2.07. The maximum Gasteiger partial charge on any atom is 0 e. The summed E-state index contributed by atoms with van der Waals surface area (Å²) in [6.07, 6.45) is 4.13. The molecule has 0 heterocycles. The zero-order chi connectivity index (χ0) is 8.65. The van der Waals surface area contributed by atoms with E-state index in [9.17, 15) is 5.11 Å². The Hall–Kier alpha value is 0.960. The van der Waals surface area contributed by atoms with Crippen molar-refractivity contribution >= 4 is 35.1 Å². The predicted octanol–water partition coefficient (Wildman–Crippen LogP) is 2.14. The van der Waals surface area contributed by atoms with Gasteiger partial charge in [-0.25, -0.2) is 6.08 Å².